The molecular weight excluding hydrogens is 428 g/mol. The van der Waals surface area contributed by atoms with Gasteiger partial charge >= 0.3 is 11.9 Å². The Morgan fingerprint density at radius 1 is 0.938 bits per heavy atom. The molecule has 3 rings (SSSR count). The van der Waals surface area contributed by atoms with E-state index in [0.29, 0.717) is 21.9 Å². The van der Waals surface area contributed by atoms with Crippen LogP contribution in [-0.2, 0) is 14.3 Å². The van der Waals surface area contributed by atoms with E-state index in [4.69, 9.17) is 25.8 Å². The van der Waals surface area contributed by atoms with Crippen molar-refractivity contribution in [2.45, 2.75) is 26.4 Å². The van der Waals surface area contributed by atoms with Crippen molar-refractivity contribution in [3.05, 3.63) is 82.4 Å². The van der Waals surface area contributed by atoms with Crippen molar-refractivity contribution >= 4 is 40.4 Å². The van der Waals surface area contributed by atoms with Gasteiger partial charge in [-0.1, -0.05) is 48.0 Å². The third-order valence-corrected chi connectivity index (χ3v) is 4.88. The molecule has 6 heteroatoms. The molecule has 0 aliphatic rings. The van der Waals surface area contributed by atoms with E-state index in [1.165, 1.54) is 7.11 Å². The van der Waals surface area contributed by atoms with Crippen molar-refractivity contribution in [1.82, 2.24) is 0 Å². The Bertz CT molecular complexity index is 1160. The number of carbonyl (C=O) groups excluding carboxylic acids is 2. The van der Waals surface area contributed by atoms with Crippen LogP contribution in [0.15, 0.2) is 66.2 Å². The number of esters is 2. The summed E-state index contributed by atoms with van der Waals surface area (Å²) in [5, 5.41) is 2.35. The van der Waals surface area contributed by atoms with Crippen molar-refractivity contribution < 1.29 is 23.8 Å². The summed E-state index contributed by atoms with van der Waals surface area (Å²) in [6.07, 6.45) is 1.69. The highest BCUT2D eigenvalue weighted by molar-refractivity contribution is 6.35. The molecule has 0 radical (unpaired) electrons. The van der Waals surface area contributed by atoms with E-state index in [1.807, 2.05) is 24.3 Å². The number of hydrogen-bond acceptors (Lipinski definition) is 5. The molecule has 0 bridgehead atoms. The van der Waals surface area contributed by atoms with Crippen LogP contribution < -0.4 is 4.74 Å². The van der Waals surface area contributed by atoms with Gasteiger partial charge in [0.25, 0.3) is 0 Å². The number of ether oxygens (including phenoxy) is 3. The van der Waals surface area contributed by atoms with E-state index in [0.717, 1.165) is 16.3 Å². The lowest BCUT2D eigenvalue weighted by Gasteiger charge is -2.21. The van der Waals surface area contributed by atoms with Crippen LogP contribution in [0.25, 0.3) is 16.8 Å². The van der Waals surface area contributed by atoms with Crippen LogP contribution in [0.2, 0.25) is 5.02 Å². The Morgan fingerprint density at radius 2 is 1.59 bits per heavy atom. The van der Waals surface area contributed by atoms with Crippen LogP contribution in [0.3, 0.4) is 0 Å². The number of halogens is 1. The summed E-state index contributed by atoms with van der Waals surface area (Å²) in [7, 11) is 1.33. The van der Waals surface area contributed by atoms with Gasteiger partial charge in [-0.3, -0.25) is 0 Å². The minimum atomic E-state index is -0.655. The van der Waals surface area contributed by atoms with Crippen LogP contribution in [0.5, 0.6) is 5.75 Å². The number of benzene rings is 3. The predicted octanol–water partition coefficient (Wildman–Crippen LogP) is 6.08. The first kappa shape index (κ1) is 23.4. The second-order valence-corrected chi connectivity index (χ2v) is 8.57. The molecule has 0 fully saturated rings. The highest BCUT2D eigenvalue weighted by atomic mass is 35.5. The van der Waals surface area contributed by atoms with Crippen molar-refractivity contribution in [2.24, 2.45) is 0 Å². The topological polar surface area (TPSA) is 61.8 Å². The maximum absolute atomic E-state index is 12.9. The summed E-state index contributed by atoms with van der Waals surface area (Å²) in [6.45, 7) is 5.42. The van der Waals surface area contributed by atoms with E-state index in [-0.39, 0.29) is 6.61 Å². The molecule has 3 aromatic carbocycles. The average molecular weight is 453 g/mol. The van der Waals surface area contributed by atoms with E-state index < -0.39 is 17.5 Å². The van der Waals surface area contributed by atoms with Crippen LogP contribution in [-0.4, -0.2) is 31.3 Å². The second kappa shape index (κ2) is 9.88. The molecule has 0 aliphatic carbocycles. The molecule has 0 aromatic heterocycles. The van der Waals surface area contributed by atoms with Gasteiger partial charge < -0.3 is 14.2 Å². The molecular formula is C26H25ClO5. The third-order valence-electron chi connectivity index (χ3n) is 4.55. The number of fused-ring (bicyclic) bond motifs is 1. The molecule has 0 N–H and O–H groups in total. The summed E-state index contributed by atoms with van der Waals surface area (Å²) in [5.74, 6) is -0.292. The van der Waals surface area contributed by atoms with Crippen molar-refractivity contribution in [3.63, 3.8) is 0 Å². The Balaban J connectivity index is 1.90. The highest BCUT2D eigenvalue weighted by Gasteiger charge is 2.21. The van der Waals surface area contributed by atoms with Crippen molar-refractivity contribution in [3.8, 4) is 5.75 Å². The summed E-state index contributed by atoms with van der Waals surface area (Å²) in [6, 6.07) is 17.9. The molecule has 3 aromatic rings. The summed E-state index contributed by atoms with van der Waals surface area (Å²) < 4.78 is 16.3. The largest absolute Gasteiger partial charge is 0.488 e. The first-order valence-corrected chi connectivity index (χ1v) is 10.5. The fraction of sp³-hybridized carbons (Fsp3) is 0.231. The van der Waals surface area contributed by atoms with Gasteiger partial charge in [0.1, 0.15) is 18.0 Å². The minimum absolute atomic E-state index is 0.000701. The van der Waals surface area contributed by atoms with Crippen molar-refractivity contribution in [2.75, 3.05) is 13.7 Å². The van der Waals surface area contributed by atoms with Crippen LogP contribution in [0.1, 0.15) is 36.7 Å². The Morgan fingerprint density at radius 3 is 2.22 bits per heavy atom. The minimum Gasteiger partial charge on any atom is -0.488 e. The number of carbonyl (C=O) groups is 2. The summed E-state index contributed by atoms with van der Waals surface area (Å²) in [5.41, 5.74) is 0.831. The van der Waals surface area contributed by atoms with E-state index in [1.54, 1.807) is 63.2 Å². The zero-order valence-corrected chi connectivity index (χ0v) is 19.2. The molecule has 0 unspecified atom stereocenters. The zero-order chi connectivity index (χ0) is 23.3. The molecule has 5 nitrogen and oxygen atoms in total. The Kier molecular flexibility index (Phi) is 7.21. The summed E-state index contributed by atoms with van der Waals surface area (Å²) >= 11 is 6.29. The van der Waals surface area contributed by atoms with Gasteiger partial charge in [0.15, 0.2) is 0 Å². The van der Waals surface area contributed by atoms with Gasteiger partial charge in [-0.05, 0) is 56.7 Å². The van der Waals surface area contributed by atoms with Gasteiger partial charge in [-0.2, -0.15) is 0 Å². The normalized spacial score (nSPS) is 11.8. The van der Waals surface area contributed by atoms with Gasteiger partial charge in [0.05, 0.1) is 18.2 Å². The molecule has 0 spiro atoms. The number of rotatable bonds is 6. The van der Waals surface area contributed by atoms with Gasteiger partial charge in [-0.25, -0.2) is 9.59 Å². The van der Waals surface area contributed by atoms with Gasteiger partial charge in [-0.15, -0.1) is 0 Å². The van der Waals surface area contributed by atoms with E-state index >= 15 is 0 Å². The number of methoxy groups -OCH3 is 1. The molecule has 0 saturated carbocycles. The molecule has 0 atom stereocenters. The lowest BCUT2D eigenvalue weighted by atomic mass is 10.1. The standard InChI is InChI=1S/C26H25ClO5/c1-26(2,3)32-25(29)19(15-17-9-11-18(12-10-17)24(28)30-4)16-31-23-14-13-22(27)20-7-5-6-8-21(20)23/h5-15H,16H2,1-4H3. The molecule has 0 aliphatic heterocycles. The maximum Gasteiger partial charge on any atom is 0.338 e. The average Bonchev–Trinajstić information content (AvgIpc) is 2.76. The van der Waals surface area contributed by atoms with Crippen LogP contribution >= 0.6 is 11.6 Å². The SMILES string of the molecule is COC(=O)c1ccc(C=C(COc2ccc(Cl)c3ccccc23)C(=O)OC(C)(C)C)cc1. The first-order chi connectivity index (χ1) is 15.2. The molecule has 166 valence electrons. The van der Waals surface area contributed by atoms with Crippen molar-refractivity contribution in [1.29, 1.82) is 0 Å². The smallest absolute Gasteiger partial charge is 0.338 e. The Hall–Kier alpha value is -3.31. The summed E-state index contributed by atoms with van der Waals surface area (Å²) in [4.78, 5) is 24.5. The quantitative estimate of drug-likeness (QED) is 0.335. The molecule has 0 saturated heterocycles. The van der Waals surface area contributed by atoms with Gasteiger partial charge in [0.2, 0.25) is 0 Å². The third kappa shape index (κ3) is 5.89. The van der Waals surface area contributed by atoms with E-state index in [9.17, 15) is 9.59 Å². The highest BCUT2D eigenvalue weighted by Crippen LogP contribution is 2.31. The fourth-order valence-electron chi connectivity index (χ4n) is 3.05. The van der Waals surface area contributed by atoms with E-state index in [2.05, 4.69) is 0 Å². The second-order valence-electron chi connectivity index (χ2n) is 8.16. The molecule has 0 amide bonds. The zero-order valence-electron chi connectivity index (χ0n) is 18.5. The molecule has 32 heavy (non-hydrogen) atoms. The van der Waals surface area contributed by atoms with Gasteiger partial charge in [0, 0.05) is 15.8 Å². The van der Waals surface area contributed by atoms with Crippen LogP contribution in [0, 0.1) is 0 Å². The van der Waals surface area contributed by atoms with Crippen LogP contribution in [0.4, 0.5) is 0 Å². The lowest BCUT2D eigenvalue weighted by molar-refractivity contribution is -0.150. The number of hydrogen-bond donors (Lipinski definition) is 0. The molecule has 0 heterocycles. The first-order valence-electron chi connectivity index (χ1n) is 10.1. The maximum atomic E-state index is 12.9. The lowest BCUT2D eigenvalue weighted by Crippen LogP contribution is -2.26. The predicted molar refractivity (Wildman–Crippen MR) is 126 cm³/mol. The monoisotopic (exact) mass is 452 g/mol. The fourth-order valence-corrected chi connectivity index (χ4v) is 3.28. The Labute approximate surface area is 192 Å².